The zero-order valence-corrected chi connectivity index (χ0v) is 29.5. The number of hydrogen-bond acceptors (Lipinski definition) is 3. The van der Waals surface area contributed by atoms with Crippen LogP contribution < -0.4 is 4.90 Å². The normalized spacial score (nSPS) is 11.8. The molecule has 11 aromatic rings. The average Bonchev–Trinajstić information content (AvgIpc) is 3.81. The van der Waals surface area contributed by atoms with Crippen LogP contribution in [0.15, 0.2) is 192 Å². The van der Waals surface area contributed by atoms with Gasteiger partial charge in [0, 0.05) is 36.5 Å². The summed E-state index contributed by atoms with van der Waals surface area (Å²) in [5.74, 6) is 0. The molecule has 0 bridgehead atoms. The quantitative estimate of drug-likeness (QED) is 0.167. The van der Waals surface area contributed by atoms with Gasteiger partial charge in [-0.1, -0.05) is 146 Å². The van der Waals surface area contributed by atoms with Gasteiger partial charge in [0.25, 0.3) is 0 Å². The molecule has 0 fully saturated rings. The van der Waals surface area contributed by atoms with Gasteiger partial charge >= 0.3 is 0 Å². The maximum atomic E-state index is 6.82. The largest absolute Gasteiger partial charge is 0.454 e. The van der Waals surface area contributed by atoms with Gasteiger partial charge in [-0.2, -0.15) is 0 Å². The fourth-order valence-corrected chi connectivity index (χ4v) is 9.41. The zero-order valence-electron chi connectivity index (χ0n) is 28.7. The standard InChI is InChI=1S/C50H31NOS/c1-2-14-32(15-3-1)36-29-28-34(42-30-33-16-4-5-17-35(33)37-18-6-7-19-38(37)42)31-45(36)51(43-23-13-27-48-49(43)41-21-9-11-26-47(41)53-48)44-24-12-22-40-39-20-8-10-25-46(39)52-50(40)44/h1-31H. The maximum Gasteiger partial charge on any atom is 0.159 e. The minimum Gasteiger partial charge on any atom is -0.454 e. The number of anilines is 3. The number of nitrogens with zero attached hydrogens (tertiary/aromatic N) is 1. The SMILES string of the molecule is c1ccc(-c2ccc(-c3cc4ccccc4c4ccccc34)cc2N(c2cccc3c2oc2ccccc23)c2cccc3sc4ccccc4c23)cc1. The van der Waals surface area contributed by atoms with E-state index in [1.54, 1.807) is 0 Å². The first-order valence-corrected chi connectivity index (χ1v) is 18.8. The van der Waals surface area contributed by atoms with E-state index in [1.165, 1.54) is 47.3 Å². The average molecular weight is 694 g/mol. The molecule has 0 N–H and O–H groups in total. The zero-order chi connectivity index (χ0) is 34.9. The van der Waals surface area contributed by atoms with Gasteiger partial charge in [-0.15, -0.1) is 11.3 Å². The van der Waals surface area contributed by atoms with Gasteiger partial charge in [-0.25, -0.2) is 0 Å². The van der Waals surface area contributed by atoms with Crippen LogP contribution in [-0.4, -0.2) is 0 Å². The summed E-state index contributed by atoms with van der Waals surface area (Å²) in [5.41, 5.74) is 9.61. The topological polar surface area (TPSA) is 16.4 Å². The number of thiophene rings is 1. The van der Waals surface area contributed by atoms with Crippen molar-refractivity contribution in [2.45, 2.75) is 0 Å². The molecule has 0 saturated heterocycles. The molecule has 2 aromatic heterocycles. The number of benzene rings is 9. The number of hydrogen-bond donors (Lipinski definition) is 0. The monoisotopic (exact) mass is 693 g/mol. The van der Waals surface area contributed by atoms with Gasteiger partial charge in [0.15, 0.2) is 5.58 Å². The van der Waals surface area contributed by atoms with Crippen LogP contribution in [-0.2, 0) is 0 Å². The van der Waals surface area contributed by atoms with Crippen LogP contribution in [0.1, 0.15) is 0 Å². The Morgan fingerprint density at radius 2 is 1.04 bits per heavy atom. The predicted molar refractivity (Wildman–Crippen MR) is 227 cm³/mol. The highest BCUT2D eigenvalue weighted by Gasteiger charge is 2.25. The Hall–Kier alpha value is -6.68. The van der Waals surface area contributed by atoms with Crippen LogP contribution in [0.2, 0.25) is 0 Å². The van der Waals surface area contributed by atoms with Gasteiger partial charge in [0.2, 0.25) is 0 Å². The number of rotatable bonds is 5. The molecule has 2 nitrogen and oxygen atoms in total. The molecule has 2 heterocycles. The second kappa shape index (κ2) is 11.9. The van der Waals surface area contributed by atoms with Gasteiger partial charge in [-0.3, -0.25) is 0 Å². The lowest BCUT2D eigenvalue weighted by molar-refractivity contribution is 0.669. The molecule has 0 unspecified atom stereocenters. The van der Waals surface area contributed by atoms with Crippen LogP contribution in [0, 0.1) is 0 Å². The summed E-state index contributed by atoms with van der Waals surface area (Å²) in [6.45, 7) is 0. The van der Waals surface area contributed by atoms with E-state index < -0.39 is 0 Å². The van der Waals surface area contributed by atoms with Gasteiger partial charge in [0.05, 0.1) is 17.1 Å². The molecule has 0 atom stereocenters. The van der Waals surface area contributed by atoms with E-state index in [0.717, 1.165) is 55.7 Å². The van der Waals surface area contributed by atoms with Crippen molar-refractivity contribution in [3.63, 3.8) is 0 Å². The van der Waals surface area contributed by atoms with E-state index in [-0.39, 0.29) is 0 Å². The summed E-state index contributed by atoms with van der Waals surface area (Å²) in [5, 5.41) is 9.70. The molecule has 0 aliphatic carbocycles. The molecule has 0 radical (unpaired) electrons. The van der Waals surface area contributed by atoms with Crippen LogP contribution in [0.25, 0.3) is 85.9 Å². The summed E-state index contributed by atoms with van der Waals surface area (Å²) in [6.07, 6.45) is 0. The fourth-order valence-electron chi connectivity index (χ4n) is 8.28. The van der Waals surface area contributed by atoms with Crippen molar-refractivity contribution in [3.05, 3.63) is 188 Å². The Morgan fingerprint density at radius 1 is 0.377 bits per heavy atom. The lowest BCUT2D eigenvalue weighted by Gasteiger charge is -2.29. The minimum atomic E-state index is 0.866. The van der Waals surface area contributed by atoms with Crippen molar-refractivity contribution in [3.8, 4) is 22.3 Å². The van der Waals surface area contributed by atoms with Crippen LogP contribution in [0.5, 0.6) is 0 Å². The first-order valence-electron chi connectivity index (χ1n) is 18.0. The third kappa shape index (κ3) is 4.71. The second-order valence-electron chi connectivity index (χ2n) is 13.6. The molecule has 3 heteroatoms. The minimum absolute atomic E-state index is 0.866. The highest BCUT2D eigenvalue weighted by atomic mass is 32.1. The van der Waals surface area contributed by atoms with E-state index in [2.05, 4.69) is 187 Å². The predicted octanol–water partition coefficient (Wildman–Crippen LogP) is 15.1. The van der Waals surface area contributed by atoms with Crippen LogP contribution in [0.4, 0.5) is 17.1 Å². The molecule has 53 heavy (non-hydrogen) atoms. The molecule has 0 aliphatic heterocycles. The van der Waals surface area contributed by atoms with E-state index in [9.17, 15) is 0 Å². The molecule has 0 spiro atoms. The Kier molecular flexibility index (Phi) is 6.76. The first-order chi connectivity index (χ1) is 26.3. The highest BCUT2D eigenvalue weighted by Crippen LogP contribution is 2.50. The van der Waals surface area contributed by atoms with Gasteiger partial charge in [0.1, 0.15) is 5.58 Å². The van der Waals surface area contributed by atoms with Crippen molar-refractivity contribution in [2.75, 3.05) is 4.90 Å². The Labute approximate surface area is 310 Å². The molecule has 11 rings (SSSR count). The third-order valence-electron chi connectivity index (χ3n) is 10.6. The summed E-state index contributed by atoms with van der Waals surface area (Å²) < 4.78 is 9.34. The number of para-hydroxylation sites is 2. The van der Waals surface area contributed by atoms with Crippen LogP contribution >= 0.6 is 11.3 Å². The first kappa shape index (κ1) is 30.0. The maximum absolute atomic E-state index is 6.82. The Bertz CT molecular complexity index is 3190. The molecular weight excluding hydrogens is 663 g/mol. The fraction of sp³-hybridized carbons (Fsp3) is 0. The lowest BCUT2D eigenvalue weighted by Crippen LogP contribution is -2.12. The van der Waals surface area contributed by atoms with Crippen molar-refractivity contribution in [1.82, 2.24) is 0 Å². The van der Waals surface area contributed by atoms with Crippen molar-refractivity contribution in [1.29, 1.82) is 0 Å². The summed E-state index contributed by atoms with van der Waals surface area (Å²) in [7, 11) is 0. The summed E-state index contributed by atoms with van der Waals surface area (Å²) >= 11 is 1.84. The van der Waals surface area contributed by atoms with Crippen molar-refractivity contribution >= 4 is 92.1 Å². The van der Waals surface area contributed by atoms with Gasteiger partial charge in [-0.05, 0) is 80.7 Å². The van der Waals surface area contributed by atoms with E-state index in [1.807, 2.05) is 17.4 Å². The molecule has 0 amide bonds. The molecule has 0 saturated carbocycles. The smallest absolute Gasteiger partial charge is 0.159 e. The second-order valence-corrected chi connectivity index (χ2v) is 14.7. The Balaban J connectivity index is 1.28. The summed E-state index contributed by atoms with van der Waals surface area (Å²) in [4.78, 5) is 2.46. The van der Waals surface area contributed by atoms with Crippen molar-refractivity contribution in [2.24, 2.45) is 0 Å². The number of fused-ring (bicyclic) bond motifs is 9. The molecular formula is C50H31NOS. The van der Waals surface area contributed by atoms with Crippen LogP contribution in [0.3, 0.4) is 0 Å². The van der Waals surface area contributed by atoms with Crippen molar-refractivity contribution < 1.29 is 4.42 Å². The highest BCUT2D eigenvalue weighted by molar-refractivity contribution is 7.26. The molecule has 248 valence electrons. The number of furan rings is 1. The molecule has 0 aliphatic rings. The Morgan fingerprint density at radius 3 is 1.92 bits per heavy atom. The van der Waals surface area contributed by atoms with E-state index in [4.69, 9.17) is 4.42 Å². The third-order valence-corrected chi connectivity index (χ3v) is 11.8. The van der Waals surface area contributed by atoms with E-state index >= 15 is 0 Å². The summed E-state index contributed by atoms with van der Waals surface area (Å²) in [6, 6.07) is 68.0. The molecule has 9 aromatic carbocycles. The lowest BCUT2D eigenvalue weighted by atomic mass is 9.91. The van der Waals surface area contributed by atoms with E-state index in [0.29, 0.717) is 0 Å². The van der Waals surface area contributed by atoms with Gasteiger partial charge < -0.3 is 9.32 Å².